The normalized spacial score (nSPS) is 11.4. The summed E-state index contributed by atoms with van der Waals surface area (Å²) >= 11 is 6.14. The fourth-order valence-electron chi connectivity index (χ4n) is 3.69. The summed E-state index contributed by atoms with van der Waals surface area (Å²) in [5.41, 5.74) is 1.30. The average Bonchev–Trinajstić information content (AvgIpc) is 3.10. The Bertz CT molecular complexity index is 1550. The van der Waals surface area contributed by atoms with E-state index < -0.39 is 11.5 Å². The molecule has 0 N–H and O–H groups in total. The summed E-state index contributed by atoms with van der Waals surface area (Å²) in [6, 6.07) is 20.4. The maximum atomic E-state index is 13.4. The highest BCUT2D eigenvalue weighted by atomic mass is 35.5. The van der Waals surface area contributed by atoms with Crippen LogP contribution in [0, 0.1) is 5.82 Å². The lowest BCUT2D eigenvalue weighted by molar-refractivity contribution is 0.622. The number of hydrogen-bond donors (Lipinski definition) is 0. The topological polar surface area (TPSA) is 61.3 Å². The van der Waals surface area contributed by atoms with Crippen molar-refractivity contribution in [3.63, 3.8) is 0 Å². The van der Waals surface area contributed by atoms with Crippen molar-refractivity contribution in [2.75, 3.05) is 0 Å². The van der Waals surface area contributed by atoms with E-state index in [0.29, 0.717) is 16.5 Å². The van der Waals surface area contributed by atoms with Crippen LogP contribution in [-0.2, 0) is 13.1 Å². The summed E-state index contributed by atoms with van der Waals surface area (Å²) in [6.45, 7) is 0.315. The molecule has 154 valence electrons. The molecule has 0 radical (unpaired) electrons. The maximum Gasteiger partial charge on any atom is 0.352 e. The predicted octanol–water partition coefficient (Wildman–Crippen LogP) is 3.70. The molecule has 2 aromatic heterocycles. The SMILES string of the molecule is O=c1c2ccccc2n2c(=O)n(Cc3ccc(F)cc3Cl)nc2n1Cc1ccccc1. The molecule has 31 heavy (non-hydrogen) atoms. The first-order chi connectivity index (χ1) is 15.0. The molecule has 3 aromatic carbocycles. The van der Waals surface area contributed by atoms with Gasteiger partial charge in [-0.15, -0.1) is 5.10 Å². The largest absolute Gasteiger partial charge is 0.352 e. The molecule has 8 heteroatoms. The molecule has 0 spiro atoms. The van der Waals surface area contributed by atoms with Crippen molar-refractivity contribution in [3.8, 4) is 0 Å². The Labute approximate surface area is 180 Å². The molecule has 5 rings (SSSR count). The van der Waals surface area contributed by atoms with Gasteiger partial charge < -0.3 is 0 Å². The van der Waals surface area contributed by atoms with Crippen molar-refractivity contribution in [1.82, 2.24) is 18.7 Å². The molecule has 0 unspecified atom stereocenters. The lowest BCUT2D eigenvalue weighted by Crippen LogP contribution is -2.27. The number of aromatic nitrogens is 4. The Morgan fingerprint density at radius 2 is 1.65 bits per heavy atom. The molecule has 6 nitrogen and oxygen atoms in total. The number of halogens is 2. The number of benzene rings is 3. The molecule has 0 fully saturated rings. The van der Waals surface area contributed by atoms with Crippen molar-refractivity contribution >= 4 is 28.3 Å². The third-order valence-corrected chi connectivity index (χ3v) is 5.55. The highest BCUT2D eigenvalue weighted by Crippen LogP contribution is 2.18. The van der Waals surface area contributed by atoms with Gasteiger partial charge >= 0.3 is 5.69 Å². The van der Waals surface area contributed by atoms with Crippen molar-refractivity contribution in [1.29, 1.82) is 0 Å². The molecule has 5 aromatic rings. The van der Waals surface area contributed by atoms with E-state index in [-0.39, 0.29) is 29.4 Å². The molecule has 0 amide bonds. The lowest BCUT2D eigenvalue weighted by Gasteiger charge is -2.09. The standard InChI is InChI=1S/C23H16ClFN4O2/c24-19-12-17(25)11-10-16(19)14-28-23(31)29-20-9-5-4-8-18(20)21(30)27(22(29)26-28)13-15-6-2-1-3-7-15/h1-12H,13-14H2. The highest BCUT2D eigenvalue weighted by molar-refractivity contribution is 6.31. The first-order valence-electron chi connectivity index (χ1n) is 9.62. The first kappa shape index (κ1) is 19.3. The highest BCUT2D eigenvalue weighted by Gasteiger charge is 2.18. The van der Waals surface area contributed by atoms with Crippen LogP contribution in [0.1, 0.15) is 11.1 Å². The van der Waals surface area contributed by atoms with Gasteiger partial charge in [0.05, 0.1) is 24.0 Å². The van der Waals surface area contributed by atoms with Crippen LogP contribution < -0.4 is 11.2 Å². The van der Waals surface area contributed by atoms with Crippen molar-refractivity contribution in [3.05, 3.63) is 116 Å². The van der Waals surface area contributed by atoms with Crippen molar-refractivity contribution in [2.45, 2.75) is 13.1 Å². The number of hydrogen-bond acceptors (Lipinski definition) is 3. The minimum Gasteiger partial charge on any atom is -0.272 e. The van der Waals surface area contributed by atoms with Gasteiger partial charge in [0.1, 0.15) is 5.82 Å². The Hall–Kier alpha value is -3.71. The van der Waals surface area contributed by atoms with E-state index in [0.717, 1.165) is 5.56 Å². The minimum absolute atomic E-state index is 0.0491. The van der Waals surface area contributed by atoms with Crippen LogP contribution in [0.25, 0.3) is 16.7 Å². The van der Waals surface area contributed by atoms with Gasteiger partial charge in [0, 0.05) is 5.02 Å². The van der Waals surface area contributed by atoms with Crippen LogP contribution in [0.4, 0.5) is 4.39 Å². The Balaban J connectivity index is 1.76. The molecule has 2 heterocycles. The molecule has 0 aliphatic heterocycles. The summed E-state index contributed by atoms with van der Waals surface area (Å²) in [6.07, 6.45) is 0. The van der Waals surface area contributed by atoms with E-state index >= 15 is 0 Å². The zero-order valence-corrected chi connectivity index (χ0v) is 17.0. The summed E-state index contributed by atoms with van der Waals surface area (Å²) in [7, 11) is 0. The van der Waals surface area contributed by atoms with Gasteiger partial charge in [0.15, 0.2) is 0 Å². The number of rotatable bonds is 4. The lowest BCUT2D eigenvalue weighted by atomic mass is 10.2. The van der Waals surface area contributed by atoms with Crippen LogP contribution in [0.3, 0.4) is 0 Å². The fraction of sp³-hybridized carbons (Fsp3) is 0.0870. The number of para-hydroxylation sites is 1. The number of nitrogens with zero attached hydrogens (tertiary/aromatic N) is 4. The van der Waals surface area contributed by atoms with Gasteiger partial charge in [-0.2, -0.15) is 0 Å². The minimum atomic E-state index is -0.459. The molecular formula is C23H16ClFN4O2. The fourth-order valence-corrected chi connectivity index (χ4v) is 3.92. The molecule has 0 aliphatic rings. The summed E-state index contributed by atoms with van der Waals surface area (Å²) < 4.78 is 17.6. The summed E-state index contributed by atoms with van der Waals surface area (Å²) in [4.78, 5) is 26.5. The predicted molar refractivity (Wildman–Crippen MR) is 117 cm³/mol. The van der Waals surface area contributed by atoms with Crippen LogP contribution in [0.15, 0.2) is 82.4 Å². The van der Waals surface area contributed by atoms with Gasteiger partial charge in [-0.25, -0.2) is 18.3 Å². The molecule has 0 atom stereocenters. The van der Waals surface area contributed by atoms with Gasteiger partial charge in [0.2, 0.25) is 5.78 Å². The van der Waals surface area contributed by atoms with Gasteiger partial charge in [-0.05, 0) is 35.4 Å². The first-order valence-corrected chi connectivity index (χ1v) is 10.00. The quantitative estimate of drug-likeness (QED) is 0.433. The van der Waals surface area contributed by atoms with Crippen LogP contribution in [-0.4, -0.2) is 18.7 Å². The zero-order valence-electron chi connectivity index (χ0n) is 16.2. The van der Waals surface area contributed by atoms with Gasteiger partial charge in [-0.1, -0.05) is 60.1 Å². The molecule has 0 saturated heterocycles. The van der Waals surface area contributed by atoms with Crippen molar-refractivity contribution < 1.29 is 4.39 Å². The Kier molecular flexibility index (Phi) is 4.67. The second-order valence-corrected chi connectivity index (χ2v) is 7.61. The Morgan fingerprint density at radius 3 is 2.42 bits per heavy atom. The smallest absolute Gasteiger partial charge is 0.272 e. The van der Waals surface area contributed by atoms with E-state index in [1.165, 1.54) is 31.8 Å². The van der Waals surface area contributed by atoms with E-state index in [9.17, 15) is 14.0 Å². The van der Waals surface area contributed by atoms with Crippen LogP contribution in [0.5, 0.6) is 0 Å². The third kappa shape index (κ3) is 3.33. The maximum absolute atomic E-state index is 13.4. The van der Waals surface area contributed by atoms with E-state index in [1.54, 1.807) is 24.3 Å². The second kappa shape index (κ2) is 7.52. The molecular weight excluding hydrogens is 419 g/mol. The third-order valence-electron chi connectivity index (χ3n) is 5.20. The molecule has 0 bridgehead atoms. The van der Waals surface area contributed by atoms with Crippen molar-refractivity contribution in [2.24, 2.45) is 0 Å². The second-order valence-electron chi connectivity index (χ2n) is 7.21. The summed E-state index contributed by atoms with van der Waals surface area (Å²) in [5.74, 6) is -0.227. The molecule has 0 aliphatic carbocycles. The van der Waals surface area contributed by atoms with E-state index in [2.05, 4.69) is 5.10 Å². The number of fused-ring (bicyclic) bond motifs is 3. The van der Waals surface area contributed by atoms with Crippen LogP contribution >= 0.6 is 11.6 Å². The van der Waals surface area contributed by atoms with Gasteiger partial charge in [-0.3, -0.25) is 9.36 Å². The molecule has 0 saturated carbocycles. The monoisotopic (exact) mass is 434 g/mol. The van der Waals surface area contributed by atoms with E-state index in [4.69, 9.17) is 11.6 Å². The van der Waals surface area contributed by atoms with Gasteiger partial charge in [0.25, 0.3) is 5.56 Å². The average molecular weight is 435 g/mol. The Morgan fingerprint density at radius 1 is 0.903 bits per heavy atom. The van der Waals surface area contributed by atoms with E-state index in [1.807, 2.05) is 30.3 Å². The zero-order chi connectivity index (χ0) is 21.5. The summed E-state index contributed by atoms with van der Waals surface area (Å²) in [5, 5.41) is 5.08. The van der Waals surface area contributed by atoms with Crippen LogP contribution in [0.2, 0.25) is 5.02 Å².